The average molecular weight is 807 g/mol. The predicted molar refractivity (Wildman–Crippen MR) is 268 cm³/mol. The SMILES string of the molecule is CC1(C)c2ccc(-c3ccc(-c4ccc(/C(=C/Cc5ccccc5-c5ccccc5)N=C(N)c5ccccc5)c5ccccc45)c4ccccc34)cc2-c2c1ccc1ccccc21. The van der Waals surface area contributed by atoms with Crippen LogP contribution in [0.3, 0.4) is 0 Å². The summed E-state index contributed by atoms with van der Waals surface area (Å²) in [4.78, 5) is 5.20. The van der Waals surface area contributed by atoms with Gasteiger partial charge in [-0.15, -0.1) is 0 Å². The average Bonchev–Trinajstić information content (AvgIpc) is 3.58. The molecule has 11 rings (SSSR count). The molecule has 2 N–H and O–H groups in total. The fourth-order valence-electron chi connectivity index (χ4n) is 10.1. The fraction of sp³-hybridized carbons (Fsp3) is 0.0656. The topological polar surface area (TPSA) is 38.4 Å². The number of fused-ring (bicyclic) bond motifs is 7. The molecule has 0 bridgehead atoms. The Morgan fingerprint density at radius 3 is 1.79 bits per heavy atom. The fourth-order valence-corrected chi connectivity index (χ4v) is 10.1. The molecule has 0 spiro atoms. The van der Waals surface area contributed by atoms with Gasteiger partial charge in [0.2, 0.25) is 0 Å². The second-order valence-electron chi connectivity index (χ2n) is 17.2. The van der Waals surface area contributed by atoms with Crippen LogP contribution >= 0.6 is 0 Å². The molecule has 0 aliphatic heterocycles. The number of aliphatic imine (C=N–C) groups is 1. The molecule has 0 aromatic heterocycles. The normalized spacial score (nSPS) is 13.4. The molecule has 0 saturated carbocycles. The third-order valence-corrected chi connectivity index (χ3v) is 13.2. The molecule has 0 amide bonds. The maximum absolute atomic E-state index is 6.81. The maximum atomic E-state index is 6.81. The number of rotatable bonds is 8. The van der Waals surface area contributed by atoms with Crippen molar-refractivity contribution >= 4 is 43.9 Å². The summed E-state index contributed by atoms with van der Waals surface area (Å²) >= 11 is 0. The summed E-state index contributed by atoms with van der Waals surface area (Å²) in [5.74, 6) is 0.486. The number of allylic oxidation sites excluding steroid dienone is 1. The Kier molecular flexibility index (Phi) is 9.43. The lowest BCUT2D eigenvalue weighted by molar-refractivity contribution is 0.661. The summed E-state index contributed by atoms with van der Waals surface area (Å²) in [5, 5.41) is 7.34. The Balaban J connectivity index is 1.04. The van der Waals surface area contributed by atoms with Crippen molar-refractivity contribution in [2.24, 2.45) is 10.7 Å². The Morgan fingerprint density at radius 2 is 1.03 bits per heavy atom. The van der Waals surface area contributed by atoms with Crippen molar-refractivity contribution in [1.82, 2.24) is 0 Å². The zero-order valence-electron chi connectivity index (χ0n) is 35.5. The van der Waals surface area contributed by atoms with E-state index in [1.54, 1.807) is 0 Å². The Labute approximate surface area is 369 Å². The van der Waals surface area contributed by atoms with E-state index in [0.717, 1.165) is 22.2 Å². The molecule has 10 aromatic rings. The number of hydrogen-bond donors (Lipinski definition) is 1. The molecule has 63 heavy (non-hydrogen) atoms. The summed E-state index contributed by atoms with van der Waals surface area (Å²) in [6.07, 6.45) is 2.93. The van der Waals surface area contributed by atoms with Crippen LogP contribution in [0.4, 0.5) is 0 Å². The molecule has 0 fully saturated rings. The van der Waals surface area contributed by atoms with E-state index in [-0.39, 0.29) is 5.41 Å². The zero-order valence-corrected chi connectivity index (χ0v) is 35.5. The van der Waals surface area contributed by atoms with E-state index < -0.39 is 0 Å². The second-order valence-corrected chi connectivity index (χ2v) is 17.2. The van der Waals surface area contributed by atoms with Crippen molar-refractivity contribution in [3.63, 3.8) is 0 Å². The van der Waals surface area contributed by atoms with Crippen LogP contribution in [0.2, 0.25) is 0 Å². The molecule has 1 aliphatic carbocycles. The molecule has 0 radical (unpaired) electrons. The first kappa shape index (κ1) is 38.1. The van der Waals surface area contributed by atoms with Crippen LogP contribution in [0.15, 0.2) is 223 Å². The van der Waals surface area contributed by atoms with Gasteiger partial charge in [-0.05, 0) is 106 Å². The highest BCUT2D eigenvalue weighted by Gasteiger charge is 2.36. The summed E-state index contributed by atoms with van der Waals surface area (Å²) < 4.78 is 0. The van der Waals surface area contributed by atoms with Gasteiger partial charge in [0.05, 0.1) is 5.70 Å². The third kappa shape index (κ3) is 6.63. The van der Waals surface area contributed by atoms with Gasteiger partial charge in [-0.1, -0.05) is 226 Å². The van der Waals surface area contributed by atoms with Crippen molar-refractivity contribution < 1.29 is 0 Å². The maximum Gasteiger partial charge on any atom is 0.131 e. The predicted octanol–water partition coefficient (Wildman–Crippen LogP) is 15.4. The van der Waals surface area contributed by atoms with Crippen LogP contribution < -0.4 is 5.73 Å². The smallest absolute Gasteiger partial charge is 0.131 e. The summed E-state index contributed by atoms with van der Waals surface area (Å²) in [7, 11) is 0. The van der Waals surface area contributed by atoms with E-state index in [4.69, 9.17) is 10.7 Å². The van der Waals surface area contributed by atoms with E-state index in [0.29, 0.717) is 12.3 Å². The van der Waals surface area contributed by atoms with Crippen LogP contribution in [0.25, 0.3) is 82.5 Å². The van der Waals surface area contributed by atoms with Gasteiger partial charge in [0, 0.05) is 16.5 Å². The molecular weight excluding hydrogens is 761 g/mol. The molecule has 0 atom stereocenters. The molecule has 2 heteroatoms. The van der Waals surface area contributed by atoms with Crippen molar-refractivity contribution in [2.75, 3.05) is 0 Å². The van der Waals surface area contributed by atoms with Crippen molar-refractivity contribution in [1.29, 1.82) is 0 Å². The van der Waals surface area contributed by atoms with Gasteiger partial charge in [0.25, 0.3) is 0 Å². The highest BCUT2D eigenvalue weighted by atomic mass is 14.9. The first-order valence-electron chi connectivity index (χ1n) is 21.9. The van der Waals surface area contributed by atoms with Crippen LogP contribution in [0.5, 0.6) is 0 Å². The second kappa shape index (κ2) is 15.6. The standard InChI is InChI=1S/C61H46N2/c1-61(2)56-36-30-44(39-55(56)59-47-24-12-10-20-42(47)29-37-57(59)61)46-32-33-52(49-26-14-13-25-48(46)49)53-34-35-54(51-28-16-15-27-50(51)53)58(63-60(62)43-21-7-4-8-22-43)38-31-41-19-9-11-23-45(41)40-17-5-3-6-18-40/h3-30,32-39H,31H2,1-2H3,(H2,62,63)/b58-38-. The van der Waals surface area contributed by atoms with Crippen LogP contribution in [-0.4, -0.2) is 5.84 Å². The molecule has 300 valence electrons. The summed E-state index contributed by atoms with van der Waals surface area (Å²) in [6, 6.07) is 76.6. The number of hydrogen-bond acceptors (Lipinski definition) is 1. The van der Waals surface area contributed by atoms with Gasteiger partial charge in [-0.3, -0.25) is 0 Å². The number of nitrogens with two attached hydrogens (primary N) is 1. The number of amidine groups is 1. The molecule has 10 aromatic carbocycles. The van der Waals surface area contributed by atoms with Gasteiger partial charge < -0.3 is 5.73 Å². The van der Waals surface area contributed by atoms with Crippen molar-refractivity contribution in [2.45, 2.75) is 25.7 Å². The van der Waals surface area contributed by atoms with E-state index in [1.807, 2.05) is 30.3 Å². The molecule has 0 saturated heterocycles. The lowest BCUT2D eigenvalue weighted by Crippen LogP contribution is -2.14. The lowest BCUT2D eigenvalue weighted by Gasteiger charge is -2.22. The van der Waals surface area contributed by atoms with E-state index in [9.17, 15) is 0 Å². The van der Waals surface area contributed by atoms with Gasteiger partial charge in [0.15, 0.2) is 0 Å². The minimum Gasteiger partial charge on any atom is -0.383 e. The van der Waals surface area contributed by atoms with Gasteiger partial charge in [0.1, 0.15) is 5.84 Å². The van der Waals surface area contributed by atoms with E-state index >= 15 is 0 Å². The quantitative estimate of drug-likeness (QED) is 0.121. The lowest BCUT2D eigenvalue weighted by atomic mass is 9.81. The highest BCUT2D eigenvalue weighted by Crippen LogP contribution is 2.52. The monoisotopic (exact) mass is 806 g/mol. The first-order chi connectivity index (χ1) is 30.9. The molecular formula is C61H46N2. The van der Waals surface area contributed by atoms with Crippen molar-refractivity contribution in [3.8, 4) is 44.5 Å². The number of nitrogens with zero attached hydrogens (tertiary/aromatic N) is 1. The third-order valence-electron chi connectivity index (χ3n) is 13.2. The Hall–Kier alpha value is -7.81. The summed E-state index contributed by atoms with van der Waals surface area (Å²) in [5.41, 5.74) is 23.5. The van der Waals surface area contributed by atoms with Crippen LogP contribution in [0, 0.1) is 0 Å². The Bertz CT molecular complexity index is 3450. The number of benzene rings is 10. The summed E-state index contributed by atoms with van der Waals surface area (Å²) in [6.45, 7) is 4.72. The minimum atomic E-state index is -0.0767. The highest BCUT2D eigenvalue weighted by molar-refractivity contribution is 6.12. The molecule has 1 aliphatic rings. The van der Waals surface area contributed by atoms with Gasteiger partial charge >= 0.3 is 0 Å². The zero-order chi connectivity index (χ0) is 42.5. The van der Waals surface area contributed by atoms with Gasteiger partial charge in [-0.2, -0.15) is 0 Å². The van der Waals surface area contributed by atoms with Crippen molar-refractivity contribution in [3.05, 3.63) is 246 Å². The largest absolute Gasteiger partial charge is 0.383 e. The van der Waals surface area contributed by atoms with Crippen LogP contribution in [0.1, 0.15) is 41.7 Å². The minimum absolute atomic E-state index is 0.0767. The molecule has 0 unspecified atom stereocenters. The van der Waals surface area contributed by atoms with Gasteiger partial charge in [-0.25, -0.2) is 4.99 Å². The Morgan fingerprint density at radius 1 is 0.460 bits per heavy atom. The molecule has 0 heterocycles. The molecule has 2 nitrogen and oxygen atoms in total. The van der Waals surface area contributed by atoms with E-state index in [2.05, 4.69) is 202 Å². The van der Waals surface area contributed by atoms with E-state index in [1.165, 1.54) is 88.1 Å². The first-order valence-corrected chi connectivity index (χ1v) is 21.9. The van der Waals surface area contributed by atoms with Crippen LogP contribution in [-0.2, 0) is 11.8 Å².